The zero-order valence-corrected chi connectivity index (χ0v) is 12.8. The van der Waals surface area contributed by atoms with E-state index in [1.165, 1.54) is 0 Å². The van der Waals surface area contributed by atoms with Crippen molar-refractivity contribution in [2.75, 3.05) is 6.54 Å². The third kappa shape index (κ3) is 4.23. The fourth-order valence-electron chi connectivity index (χ4n) is 2.23. The molecular formula is C16H23N3O2. The molecule has 1 amide bonds. The summed E-state index contributed by atoms with van der Waals surface area (Å²) in [5.74, 6) is 0. The largest absolute Gasteiger partial charge is 0.444 e. The number of benzene rings is 1. The van der Waals surface area contributed by atoms with Crippen molar-refractivity contribution >= 4 is 17.0 Å². The first kappa shape index (κ1) is 15.4. The maximum Gasteiger partial charge on any atom is 0.407 e. The number of alkyl carbamates (subject to hydrolysis) is 1. The van der Waals surface area contributed by atoms with Crippen molar-refractivity contribution in [2.45, 2.75) is 38.8 Å². The number of aromatic amines is 1. The molecule has 1 aromatic carbocycles. The van der Waals surface area contributed by atoms with Crippen molar-refractivity contribution in [2.24, 2.45) is 5.73 Å². The van der Waals surface area contributed by atoms with Crippen LogP contribution in [0.1, 0.15) is 26.3 Å². The zero-order valence-electron chi connectivity index (χ0n) is 12.8. The highest BCUT2D eigenvalue weighted by Crippen LogP contribution is 2.19. The smallest absolute Gasteiger partial charge is 0.407 e. The summed E-state index contributed by atoms with van der Waals surface area (Å²) in [4.78, 5) is 15.0. The van der Waals surface area contributed by atoms with Crippen molar-refractivity contribution in [1.82, 2.24) is 10.3 Å². The molecule has 2 rings (SSSR count). The number of nitrogens with one attached hydrogen (secondary N) is 2. The van der Waals surface area contributed by atoms with E-state index in [1.54, 1.807) is 0 Å². The summed E-state index contributed by atoms with van der Waals surface area (Å²) < 4.78 is 5.26. The van der Waals surface area contributed by atoms with Crippen molar-refractivity contribution in [3.8, 4) is 0 Å². The molecule has 1 heterocycles. The van der Waals surface area contributed by atoms with Crippen LogP contribution in [0.2, 0.25) is 0 Å². The van der Waals surface area contributed by atoms with Gasteiger partial charge in [-0.05, 0) is 38.8 Å². The molecule has 5 heteroatoms. The van der Waals surface area contributed by atoms with Crippen LogP contribution >= 0.6 is 0 Å². The third-order valence-corrected chi connectivity index (χ3v) is 3.15. The van der Waals surface area contributed by atoms with Crippen molar-refractivity contribution in [3.05, 3.63) is 36.0 Å². The zero-order chi connectivity index (χ0) is 15.5. The Labute approximate surface area is 124 Å². The number of fused-ring (bicyclic) bond motifs is 1. The minimum Gasteiger partial charge on any atom is -0.444 e. The molecular weight excluding hydrogens is 266 g/mol. The molecule has 0 aliphatic carbocycles. The Hall–Kier alpha value is -2.01. The normalized spacial score (nSPS) is 13.1. The highest BCUT2D eigenvalue weighted by atomic mass is 16.6. The second-order valence-corrected chi connectivity index (χ2v) is 6.14. The van der Waals surface area contributed by atoms with Crippen LogP contribution in [-0.2, 0) is 11.2 Å². The van der Waals surface area contributed by atoms with Gasteiger partial charge in [-0.2, -0.15) is 0 Å². The summed E-state index contributed by atoms with van der Waals surface area (Å²) in [5, 5.41) is 3.98. The predicted molar refractivity (Wildman–Crippen MR) is 84.2 cm³/mol. The molecule has 2 aromatic rings. The quantitative estimate of drug-likeness (QED) is 0.809. The first-order valence-corrected chi connectivity index (χ1v) is 7.13. The lowest BCUT2D eigenvalue weighted by Crippen LogP contribution is -2.44. The maximum absolute atomic E-state index is 11.8. The van der Waals surface area contributed by atoms with Crippen molar-refractivity contribution in [1.29, 1.82) is 0 Å². The number of hydrogen-bond acceptors (Lipinski definition) is 3. The molecule has 0 unspecified atom stereocenters. The molecule has 0 saturated carbocycles. The van der Waals surface area contributed by atoms with Crippen LogP contribution in [0.3, 0.4) is 0 Å². The Balaban J connectivity index is 2.04. The summed E-state index contributed by atoms with van der Waals surface area (Å²) in [5.41, 5.74) is 7.48. The van der Waals surface area contributed by atoms with Gasteiger partial charge in [0.2, 0.25) is 0 Å². The number of hydrogen-bond donors (Lipinski definition) is 3. The lowest BCUT2D eigenvalue weighted by atomic mass is 10.1. The first-order chi connectivity index (χ1) is 9.89. The summed E-state index contributed by atoms with van der Waals surface area (Å²) >= 11 is 0. The van der Waals surface area contributed by atoms with Crippen LogP contribution in [0, 0.1) is 0 Å². The van der Waals surface area contributed by atoms with Gasteiger partial charge in [-0.15, -0.1) is 0 Å². The van der Waals surface area contributed by atoms with E-state index in [2.05, 4.69) is 16.4 Å². The molecule has 4 N–H and O–H groups in total. The summed E-state index contributed by atoms with van der Waals surface area (Å²) in [6, 6.07) is 7.92. The van der Waals surface area contributed by atoms with Gasteiger partial charge in [0.1, 0.15) is 5.60 Å². The summed E-state index contributed by atoms with van der Waals surface area (Å²) in [6.07, 6.45) is 2.20. The molecule has 0 bridgehead atoms. The van der Waals surface area contributed by atoms with E-state index in [0.29, 0.717) is 13.0 Å². The summed E-state index contributed by atoms with van der Waals surface area (Å²) in [6.45, 7) is 5.87. The van der Waals surface area contributed by atoms with Crippen molar-refractivity contribution < 1.29 is 9.53 Å². The number of carbonyl (C=O) groups excluding carboxylic acids is 1. The molecule has 1 atom stereocenters. The second-order valence-electron chi connectivity index (χ2n) is 6.14. The molecule has 0 fully saturated rings. The van der Waals surface area contributed by atoms with Gasteiger partial charge < -0.3 is 20.8 Å². The molecule has 0 radical (unpaired) electrons. The van der Waals surface area contributed by atoms with Gasteiger partial charge in [0.25, 0.3) is 0 Å². The van der Waals surface area contributed by atoms with Gasteiger partial charge in [0.15, 0.2) is 0 Å². The average molecular weight is 289 g/mol. The van der Waals surface area contributed by atoms with E-state index >= 15 is 0 Å². The minimum absolute atomic E-state index is 0.154. The third-order valence-electron chi connectivity index (χ3n) is 3.15. The van der Waals surface area contributed by atoms with E-state index < -0.39 is 11.7 Å². The monoisotopic (exact) mass is 289 g/mol. The molecule has 0 aliphatic rings. The van der Waals surface area contributed by atoms with Gasteiger partial charge in [0, 0.05) is 29.7 Å². The lowest BCUT2D eigenvalue weighted by Gasteiger charge is -2.23. The SMILES string of the molecule is CC(C)(C)OC(=O)N[C@H](CN)Cc1c[nH]c2ccccc12. The van der Waals surface area contributed by atoms with Gasteiger partial charge in [-0.1, -0.05) is 18.2 Å². The molecule has 0 saturated heterocycles. The van der Waals surface area contributed by atoms with Crippen LogP contribution in [0.25, 0.3) is 10.9 Å². The van der Waals surface area contributed by atoms with Crippen LogP contribution in [-0.4, -0.2) is 29.3 Å². The van der Waals surface area contributed by atoms with Crippen molar-refractivity contribution in [3.63, 3.8) is 0 Å². The number of aromatic nitrogens is 1. The molecule has 0 aliphatic heterocycles. The van der Waals surface area contributed by atoms with Crippen LogP contribution in [0.5, 0.6) is 0 Å². The molecule has 114 valence electrons. The minimum atomic E-state index is -0.510. The first-order valence-electron chi connectivity index (χ1n) is 7.13. The number of para-hydroxylation sites is 1. The van der Waals surface area contributed by atoms with Crippen LogP contribution in [0.4, 0.5) is 4.79 Å². The predicted octanol–water partition coefficient (Wildman–Crippen LogP) is 2.56. The maximum atomic E-state index is 11.8. The lowest BCUT2D eigenvalue weighted by molar-refractivity contribution is 0.0506. The summed E-state index contributed by atoms with van der Waals surface area (Å²) in [7, 11) is 0. The number of rotatable bonds is 4. The molecule has 0 spiro atoms. The van der Waals surface area contributed by atoms with E-state index in [9.17, 15) is 4.79 Å². The Kier molecular flexibility index (Phi) is 4.53. The van der Waals surface area contributed by atoms with Gasteiger partial charge in [-0.25, -0.2) is 4.79 Å². The number of H-pyrrole nitrogens is 1. The van der Waals surface area contributed by atoms with Gasteiger partial charge >= 0.3 is 6.09 Å². The van der Waals surface area contributed by atoms with E-state index in [1.807, 2.05) is 45.2 Å². The van der Waals surface area contributed by atoms with Gasteiger partial charge in [0.05, 0.1) is 0 Å². The Morgan fingerprint density at radius 2 is 2.10 bits per heavy atom. The highest BCUT2D eigenvalue weighted by molar-refractivity contribution is 5.83. The Morgan fingerprint density at radius 1 is 1.38 bits per heavy atom. The molecule has 21 heavy (non-hydrogen) atoms. The average Bonchev–Trinajstić information content (AvgIpc) is 2.79. The Morgan fingerprint density at radius 3 is 2.76 bits per heavy atom. The van der Waals surface area contributed by atoms with E-state index in [0.717, 1.165) is 16.5 Å². The van der Waals surface area contributed by atoms with Crippen LogP contribution in [0.15, 0.2) is 30.5 Å². The van der Waals surface area contributed by atoms with E-state index in [4.69, 9.17) is 10.5 Å². The Bertz CT molecular complexity index is 613. The van der Waals surface area contributed by atoms with Gasteiger partial charge in [-0.3, -0.25) is 0 Å². The number of ether oxygens (including phenoxy) is 1. The highest BCUT2D eigenvalue weighted by Gasteiger charge is 2.19. The fourth-order valence-corrected chi connectivity index (χ4v) is 2.23. The number of amides is 1. The number of nitrogens with two attached hydrogens (primary N) is 1. The van der Waals surface area contributed by atoms with E-state index in [-0.39, 0.29) is 6.04 Å². The number of carbonyl (C=O) groups is 1. The second kappa shape index (κ2) is 6.18. The fraction of sp³-hybridized carbons (Fsp3) is 0.438. The van der Waals surface area contributed by atoms with Crippen LogP contribution < -0.4 is 11.1 Å². The topological polar surface area (TPSA) is 80.1 Å². The standard InChI is InChI=1S/C16H23N3O2/c1-16(2,3)21-15(20)19-12(9-17)8-11-10-18-14-7-5-4-6-13(11)14/h4-7,10,12,18H,8-9,17H2,1-3H3,(H,19,20)/t12-/m0/s1. The molecule has 1 aromatic heterocycles. The molecule has 5 nitrogen and oxygen atoms in total.